The number of nitrogens with one attached hydrogen (secondary N) is 2. The Labute approximate surface area is 111 Å². The Balaban J connectivity index is 1.85. The van der Waals surface area contributed by atoms with Crippen LogP contribution in [0.2, 0.25) is 5.02 Å². The summed E-state index contributed by atoms with van der Waals surface area (Å²) in [6.07, 6.45) is 3.89. The maximum Gasteiger partial charge on any atom is 0.319 e. The topological polar surface area (TPSA) is 46.1 Å². The standard InChI is InChI=1S/C13H14ClN3O/c1-17-6-5-10(9-17)8-15-13(18)16-12-4-2-3-11(14)7-12/h2-7,9H,8H2,1H3,(H2,15,16,18). The van der Waals surface area contributed by atoms with E-state index in [0.717, 1.165) is 5.56 Å². The van der Waals surface area contributed by atoms with Crippen molar-refractivity contribution >= 4 is 23.3 Å². The summed E-state index contributed by atoms with van der Waals surface area (Å²) in [6.45, 7) is 0.493. The van der Waals surface area contributed by atoms with Crippen LogP contribution in [0, 0.1) is 0 Å². The van der Waals surface area contributed by atoms with Gasteiger partial charge in [0, 0.05) is 36.7 Å². The number of aryl methyl sites for hydroxylation is 1. The molecule has 0 atom stereocenters. The number of anilines is 1. The molecule has 4 nitrogen and oxygen atoms in total. The van der Waals surface area contributed by atoms with Crippen molar-refractivity contribution in [1.82, 2.24) is 9.88 Å². The van der Waals surface area contributed by atoms with Crippen molar-refractivity contribution in [2.45, 2.75) is 6.54 Å². The van der Waals surface area contributed by atoms with Crippen LogP contribution in [-0.4, -0.2) is 10.6 Å². The number of rotatable bonds is 3. The maximum atomic E-state index is 11.6. The molecule has 0 unspecified atom stereocenters. The average Bonchev–Trinajstić information content (AvgIpc) is 2.73. The highest BCUT2D eigenvalue weighted by molar-refractivity contribution is 6.30. The van der Waals surface area contributed by atoms with E-state index in [9.17, 15) is 4.79 Å². The van der Waals surface area contributed by atoms with Gasteiger partial charge in [-0.3, -0.25) is 0 Å². The molecule has 2 N–H and O–H groups in total. The van der Waals surface area contributed by atoms with Crippen LogP contribution in [0.4, 0.5) is 10.5 Å². The summed E-state index contributed by atoms with van der Waals surface area (Å²) in [5, 5.41) is 6.09. The van der Waals surface area contributed by atoms with Crippen molar-refractivity contribution in [3.8, 4) is 0 Å². The molecule has 0 aliphatic rings. The molecule has 0 aliphatic carbocycles. The summed E-state index contributed by atoms with van der Waals surface area (Å²) in [5.41, 5.74) is 1.73. The molecule has 0 saturated heterocycles. The highest BCUT2D eigenvalue weighted by Gasteiger charge is 2.02. The Morgan fingerprint density at radius 2 is 2.22 bits per heavy atom. The van der Waals surface area contributed by atoms with E-state index in [1.54, 1.807) is 24.3 Å². The second kappa shape index (κ2) is 5.60. The number of amides is 2. The first-order valence-corrected chi connectivity index (χ1v) is 5.92. The molecule has 2 aromatic rings. The Morgan fingerprint density at radius 3 is 2.89 bits per heavy atom. The van der Waals surface area contributed by atoms with Gasteiger partial charge in [0.05, 0.1) is 0 Å². The molecule has 1 aromatic carbocycles. The highest BCUT2D eigenvalue weighted by Crippen LogP contribution is 2.14. The highest BCUT2D eigenvalue weighted by atomic mass is 35.5. The van der Waals surface area contributed by atoms with Crippen molar-refractivity contribution in [2.24, 2.45) is 7.05 Å². The third kappa shape index (κ3) is 3.53. The van der Waals surface area contributed by atoms with Crippen molar-refractivity contribution in [3.63, 3.8) is 0 Å². The lowest BCUT2D eigenvalue weighted by Gasteiger charge is -2.06. The van der Waals surface area contributed by atoms with Gasteiger partial charge in [-0.25, -0.2) is 4.79 Å². The lowest BCUT2D eigenvalue weighted by Crippen LogP contribution is -2.27. The first-order valence-electron chi connectivity index (χ1n) is 5.55. The molecule has 0 spiro atoms. The number of urea groups is 1. The molecule has 5 heteroatoms. The monoisotopic (exact) mass is 263 g/mol. The number of carbonyl (C=O) groups is 1. The molecule has 18 heavy (non-hydrogen) atoms. The first-order chi connectivity index (χ1) is 8.63. The van der Waals surface area contributed by atoms with E-state index in [-0.39, 0.29) is 6.03 Å². The lowest BCUT2D eigenvalue weighted by atomic mass is 10.3. The second-order valence-electron chi connectivity index (χ2n) is 4.00. The molecule has 2 amide bonds. The van der Waals surface area contributed by atoms with Crippen LogP contribution in [0.3, 0.4) is 0 Å². The zero-order chi connectivity index (χ0) is 13.0. The molecule has 0 radical (unpaired) electrons. The van der Waals surface area contributed by atoms with Gasteiger partial charge in [-0.1, -0.05) is 17.7 Å². The van der Waals surface area contributed by atoms with Gasteiger partial charge in [-0.2, -0.15) is 0 Å². The molecule has 1 heterocycles. The lowest BCUT2D eigenvalue weighted by molar-refractivity contribution is 0.251. The number of benzene rings is 1. The zero-order valence-corrected chi connectivity index (χ0v) is 10.7. The minimum atomic E-state index is -0.249. The molecular formula is C13H14ClN3O. The minimum absolute atomic E-state index is 0.249. The minimum Gasteiger partial charge on any atom is -0.357 e. The molecule has 0 saturated carbocycles. The molecule has 94 valence electrons. The number of halogens is 1. The number of carbonyl (C=O) groups excluding carboxylic acids is 1. The van der Waals surface area contributed by atoms with Crippen LogP contribution in [0.5, 0.6) is 0 Å². The van der Waals surface area contributed by atoms with Crippen LogP contribution in [0.1, 0.15) is 5.56 Å². The molecular weight excluding hydrogens is 250 g/mol. The van der Waals surface area contributed by atoms with Gasteiger partial charge < -0.3 is 15.2 Å². The van der Waals surface area contributed by atoms with E-state index < -0.39 is 0 Å². The summed E-state index contributed by atoms with van der Waals surface area (Å²) in [5.74, 6) is 0. The fourth-order valence-corrected chi connectivity index (χ4v) is 1.78. The van der Waals surface area contributed by atoms with Crippen LogP contribution >= 0.6 is 11.6 Å². The van der Waals surface area contributed by atoms with Crippen molar-refractivity contribution < 1.29 is 4.79 Å². The second-order valence-corrected chi connectivity index (χ2v) is 4.44. The van der Waals surface area contributed by atoms with E-state index in [2.05, 4.69) is 10.6 Å². The van der Waals surface area contributed by atoms with Gasteiger partial charge in [0.1, 0.15) is 0 Å². The SMILES string of the molecule is Cn1ccc(CNC(=O)Nc2cccc(Cl)c2)c1. The normalized spacial score (nSPS) is 10.1. The van der Waals surface area contributed by atoms with Gasteiger partial charge in [0.25, 0.3) is 0 Å². The van der Waals surface area contributed by atoms with Crippen molar-refractivity contribution in [1.29, 1.82) is 0 Å². The quantitative estimate of drug-likeness (QED) is 0.879. The zero-order valence-electron chi connectivity index (χ0n) is 9.98. The Morgan fingerprint density at radius 1 is 1.39 bits per heavy atom. The summed E-state index contributed by atoms with van der Waals surface area (Å²) < 4.78 is 1.94. The maximum absolute atomic E-state index is 11.6. The third-order valence-electron chi connectivity index (χ3n) is 2.43. The third-order valence-corrected chi connectivity index (χ3v) is 2.66. The van der Waals surface area contributed by atoms with Crippen molar-refractivity contribution in [2.75, 3.05) is 5.32 Å². The summed E-state index contributed by atoms with van der Waals surface area (Å²) in [7, 11) is 1.94. The summed E-state index contributed by atoms with van der Waals surface area (Å²) >= 11 is 5.83. The van der Waals surface area contributed by atoms with E-state index in [1.807, 2.05) is 30.1 Å². The molecule has 2 rings (SSSR count). The fourth-order valence-electron chi connectivity index (χ4n) is 1.59. The van der Waals surface area contributed by atoms with E-state index in [1.165, 1.54) is 0 Å². The fraction of sp³-hybridized carbons (Fsp3) is 0.154. The predicted octanol–water partition coefficient (Wildman–Crippen LogP) is 3.00. The number of aromatic nitrogens is 1. The largest absolute Gasteiger partial charge is 0.357 e. The Kier molecular flexibility index (Phi) is 3.89. The van der Waals surface area contributed by atoms with Crippen LogP contribution in [-0.2, 0) is 13.6 Å². The number of nitrogens with zero attached hydrogens (tertiary/aromatic N) is 1. The molecule has 1 aromatic heterocycles. The Hall–Kier alpha value is -1.94. The van der Waals surface area contributed by atoms with Gasteiger partial charge in [0.2, 0.25) is 0 Å². The smallest absolute Gasteiger partial charge is 0.319 e. The first kappa shape index (κ1) is 12.5. The van der Waals surface area contributed by atoms with Crippen LogP contribution in [0.15, 0.2) is 42.7 Å². The summed E-state index contributed by atoms with van der Waals surface area (Å²) in [4.78, 5) is 11.6. The van der Waals surface area contributed by atoms with Crippen molar-refractivity contribution in [3.05, 3.63) is 53.3 Å². The molecule has 0 bridgehead atoms. The van der Waals surface area contributed by atoms with E-state index in [4.69, 9.17) is 11.6 Å². The van der Waals surface area contributed by atoms with Gasteiger partial charge >= 0.3 is 6.03 Å². The average molecular weight is 264 g/mol. The predicted molar refractivity (Wildman–Crippen MR) is 72.7 cm³/mol. The van der Waals surface area contributed by atoms with Gasteiger partial charge in [0.15, 0.2) is 0 Å². The van der Waals surface area contributed by atoms with Crippen LogP contribution in [0.25, 0.3) is 0 Å². The number of hydrogen-bond donors (Lipinski definition) is 2. The number of hydrogen-bond acceptors (Lipinski definition) is 1. The van der Waals surface area contributed by atoms with E-state index in [0.29, 0.717) is 17.3 Å². The van der Waals surface area contributed by atoms with Crippen LogP contribution < -0.4 is 10.6 Å². The van der Waals surface area contributed by atoms with Gasteiger partial charge in [-0.05, 0) is 29.8 Å². The van der Waals surface area contributed by atoms with E-state index >= 15 is 0 Å². The molecule has 0 fully saturated rings. The molecule has 0 aliphatic heterocycles. The van der Waals surface area contributed by atoms with Gasteiger partial charge in [-0.15, -0.1) is 0 Å². The summed E-state index contributed by atoms with van der Waals surface area (Å²) in [6, 6.07) is 8.74. The Bertz CT molecular complexity index is 551.